The van der Waals surface area contributed by atoms with E-state index in [1.54, 1.807) is 0 Å². The highest BCUT2D eigenvalue weighted by molar-refractivity contribution is 6.32. The lowest BCUT2D eigenvalue weighted by Crippen LogP contribution is -2.04. The van der Waals surface area contributed by atoms with Crippen molar-refractivity contribution in [3.63, 3.8) is 0 Å². The van der Waals surface area contributed by atoms with Crippen LogP contribution in [0.1, 0.15) is 18.6 Å². The molecular weight excluding hydrogens is 172 g/mol. The van der Waals surface area contributed by atoms with Crippen LogP contribution in [0.5, 0.6) is 0 Å². The van der Waals surface area contributed by atoms with Gasteiger partial charge in [-0.3, -0.25) is 0 Å². The maximum atomic E-state index is 5.69. The van der Waals surface area contributed by atoms with Crippen LogP contribution in [0, 0.1) is 0 Å². The molecule has 0 amide bonds. The number of rotatable bonds is 3. The van der Waals surface area contributed by atoms with Gasteiger partial charge in [0.15, 0.2) is 0 Å². The van der Waals surface area contributed by atoms with Crippen molar-refractivity contribution < 1.29 is 0 Å². The van der Waals surface area contributed by atoms with Gasteiger partial charge < -0.3 is 0 Å². The minimum absolute atomic E-state index is 0.290. The molecule has 0 atom stereocenters. The van der Waals surface area contributed by atoms with Gasteiger partial charge in [0.25, 0.3) is 0 Å². The van der Waals surface area contributed by atoms with Crippen LogP contribution < -0.4 is 0 Å². The fraction of sp³-hybridized carbons (Fsp3) is 0.571. The average Bonchev–Trinajstić information content (AvgIpc) is 2.04. The van der Waals surface area contributed by atoms with E-state index in [0.717, 1.165) is 24.4 Å². The third-order valence-corrected chi connectivity index (χ3v) is 1.57. The summed E-state index contributed by atoms with van der Waals surface area (Å²) in [5, 5.41) is 0.290. The van der Waals surface area contributed by atoms with Crippen LogP contribution in [0.4, 0.5) is 0 Å². The summed E-state index contributed by atoms with van der Waals surface area (Å²) in [6.45, 7) is 3.95. The zero-order valence-electron chi connectivity index (χ0n) is 7.21. The Bertz CT molecular complexity index is 267. The number of aromatic nitrogens is 3. The number of hydrogen-bond donors (Lipinski definition) is 0. The summed E-state index contributed by atoms with van der Waals surface area (Å²) in [7, 11) is 1.99. The lowest BCUT2D eigenvalue weighted by Gasteiger charge is -1.99. The van der Waals surface area contributed by atoms with Crippen molar-refractivity contribution in [2.24, 2.45) is 0 Å². The summed E-state index contributed by atoms with van der Waals surface area (Å²) in [6.07, 6.45) is 1.54. The maximum Gasteiger partial charge on any atom is 0.225 e. The van der Waals surface area contributed by atoms with Crippen molar-refractivity contribution in [3.8, 4) is 0 Å². The van der Waals surface area contributed by atoms with Crippen molar-refractivity contribution in [2.75, 3.05) is 0 Å². The molecule has 0 saturated carbocycles. The van der Waals surface area contributed by atoms with Crippen molar-refractivity contribution in [2.45, 2.75) is 26.5 Å². The Kier molecular flexibility index (Phi) is 3.47. The van der Waals surface area contributed by atoms with Gasteiger partial charge in [0.05, 0.1) is 0 Å². The number of halogens is 1. The summed E-state index contributed by atoms with van der Waals surface area (Å²) in [6, 6.07) is 0. The molecule has 0 aliphatic carbocycles. The van der Waals surface area contributed by atoms with Gasteiger partial charge >= 0.3 is 0 Å². The van der Waals surface area contributed by atoms with Gasteiger partial charge in [0.2, 0.25) is 5.28 Å². The van der Waals surface area contributed by atoms with Gasteiger partial charge in [0.1, 0.15) is 18.9 Å². The molecule has 1 heterocycles. The van der Waals surface area contributed by atoms with Crippen LogP contribution in [0.2, 0.25) is 12.1 Å². The van der Waals surface area contributed by atoms with E-state index in [1.807, 2.05) is 21.0 Å². The molecule has 1 radical (unpaired) electrons. The standard InChI is InChI=1S/C7H10BClN3/c1-3-5-10-6(4-8-2)12-7(9)11-5/h3-4H2,1-2H3. The summed E-state index contributed by atoms with van der Waals surface area (Å²) >= 11 is 5.69. The molecule has 3 nitrogen and oxygen atoms in total. The van der Waals surface area contributed by atoms with E-state index in [4.69, 9.17) is 11.6 Å². The predicted octanol–water partition coefficient (Wildman–Crippen LogP) is 1.34. The first-order valence-corrected chi connectivity index (χ1v) is 4.31. The maximum absolute atomic E-state index is 5.69. The first kappa shape index (κ1) is 9.45. The predicted molar refractivity (Wildman–Crippen MR) is 49.5 cm³/mol. The molecule has 0 saturated heterocycles. The van der Waals surface area contributed by atoms with Gasteiger partial charge in [-0.05, 0) is 17.9 Å². The molecule has 0 N–H and O–H groups in total. The van der Waals surface area contributed by atoms with Crippen LogP contribution in [-0.4, -0.2) is 22.2 Å². The van der Waals surface area contributed by atoms with E-state index < -0.39 is 0 Å². The summed E-state index contributed by atoms with van der Waals surface area (Å²) in [5.74, 6) is 1.50. The van der Waals surface area contributed by atoms with E-state index in [2.05, 4.69) is 15.0 Å². The van der Waals surface area contributed by atoms with Crippen LogP contribution in [0.25, 0.3) is 0 Å². The van der Waals surface area contributed by atoms with E-state index in [-0.39, 0.29) is 0 Å². The van der Waals surface area contributed by atoms with Crippen LogP contribution in [0.15, 0.2) is 0 Å². The number of aryl methyl sites for hydroxylation is 1. The average molecular weight is 182 g/mol. The second kappa shape index (κ2) is 4.41. The van der Waals surface area contributed by atoms with Crippen molar-refractivity contribution >= 4 is 18.9 Å². The second-order valence-electron chi connectivity index (χ2n) is 2.40. The van der Waals surface area contributed by atoms with Gasteiger partial charge in [-0.15, -0.1) is 0 Å². The monoisotopic (exact) mass is 182 g/mol. The van der Waals surface area contributed by atoms with E-state index in [1.165, 1.54) is 0 Å². The molecule has 0 aliphatic heterocycles. The van der Waals surface area contributed by atoms with Gasteiger partial charge in [-0.2, -0.15) is 0 Å². The second-order valence-corrected chi connectivity index (χ2v) is 2.74. The third kappa shape index (κ3) is 2.45. The molecule has 0 spiro atoms. The largest absolute Gasteiger partial charge is 0.225 e. The highest BCUT2D eigenvalue weighted by atomic mass is 35.5. The minimum Gasteiger partial charge on any atom is -0.219 e. The smallest absolute Gasteiger partial charge is 0.219 e. The van der Waals surface area contributed by atoms with E-state index in [0.29, 0.717) is 5.28 Å². The van der Waals surface area contributed by atoms with Gasteiger partial charge in [-0.25, -0.2) is 15.0 Å². The fourth-order valence-electron chi connectivity index (χ4n) is 0.869. The van der Waals surface area contributed by atoms with Crippen molar-refractivity contribution in [1.29, 1.82) is 0 Å². The molecule has 5 heteroatoms. The Balaban J connectivity index is 2.90. The molecule has 1 rings (SSSR count). The van der Waals surface area contributed by atoms with E-state index >= 15 is 0 Å². The highest BCUT2D eigenvalue weighted by Crippen LogP contribution is 2.02. The summed E-state index contributed by atoms with van der Waals surface area (Å²) in [5.41, 5.74) is 0. The molecule has 1 aromatic heterocycles. The minimum atomic E-state index is 0.290. The normalized spacial score (nSPS) is 9.92. The molecular formula is C7H10BClN3. The van der Waals surface area contributed by atoms with E-state index in [9.17, 15) is 0 Å². The van der Waals surface area contributed by atoms with Crippen LogP contribution >= 0.6 is 11.6 Å². The first-order chi connectivity index (χ1) is 5.76. The van der Waals surface area contributed by atoms with Gasteiger partial charge in [0, 0.05) is 6.42 Å². The summed E-state index contributed by atoms with van der Waals surface area (Å²) in [4.78, 5) is 12.2. The number of hydrogen-bond acceptors (Lipinski definition) is 3. The zero-order valence-corrected chi connectivity index (χ0v) is 7.97. The lowest BCUT2D eigenvalue weighted by molar-refractivity contribution is 0.854. The molecule has 0 aromatic carbocycles. The molecule has 0 unspecified atom stereocenters. The highest BCUT2D eigenvalue weighted by Gasteiger charge is 2.01. The van der Waals surface area contributed by atoms with Crippen LogP contribution in [0.3, 0.4) is 0 Å². The summed E-state index contributed by atoms with van der Waals surface area (Å²) < 4.78 is 0. The Morgan fingerprint density at radius 2 is 1.92 bits per heavy atom. The quantitative estimate of drug-likeness (QED) is 0.662. The fourth-order valence-corrected chi connectivity index (χ4v) is 1.06. The first-order valence-electron chi connectivity index (χ1n) is 3.93. The molecule has 1 aromatic rings. The SMILES string of the molecule is C[B]Cc1nc(Cl)nc(CC)n1. The zero-order chi connectivity index (χ0) is 8.97. The third-order valence-electron chi connectivity index (χ3n) is 1.40. The Hall–Kier alpha value is -0.635. The lowest BCUT2D eigenvalue weighted by atomic mass is 9.78. The Labute approximate surface area is 77.8 Å². The van der Waals surface area contributed by atoms with Gasteiger partial charge in [-0.1, -0.05) is 13.7 Å². The Morgan fingerprint density at radius 1 is 1.25 bits per heavy atom. The molecule has 0 fully saturated rings. The van der Waals surface area contributed by atoms with Crippen LogP contribution in [-0.2, 0) is 12.7 Å². The Morgan fingerprint density at radius 3 is 2.50 bits per heavy atom. The molecule has 63 valence electrons. The van der Waals surface area contributed by atoms with Crippen molar-refractivity contribution in [1.82, 2.24) is 15.0 Å². The number of nitrogens with zero attached hydrogens (tertiary/aromatic N) is 3. The topological polar surface area (TPSA) is 38.7 Å². The molecule has 0 bridgehead atoms. The van der Waals surface area contributed by atoms with Crippen molar-refractivity contribution in [3.05, 3.63) is 16.9 Å². The molecule has 0 aliphatic rings. The molecule has 12 heavy (non-hydrogen) atoms.